The Morgan fingerprint density at radius 1 is 1.50 bits per heavy atom. The van der Waals surface area contributed by atoms with E-state index in [1.165, 1.54) is 10.8 Å². The third-order valence-corrected chi connectivity index (χ3v) is 2.26. The van der Waals surface area contributed by atoms with E-state index in [1.54, 1.807) is 13.1 Å². The second-order valence-corrected chi connectivity index (χ2v) is 3.26. The Labute approximate surface area is 90.5 Å². The van der Waals surface area contributed by atoms with E-state index in [-0.39, 0.29) is 0 Å². The number of aryl methyl sites for hydroxylation is 1. The van der Waals surface area contributed by atoms with Crippen LogP contribution in [0.15, 0.2) is 21.9 Å². The number of aromatic amines is 1. The molecule has 16 heavy (non-hydrogen) atoms. The number of hydrogen-bond acceptors (Lipinski definition) is 4. The summed E-state index contributed by atoms with van der Waals surface area (Å²) in [6.07, 6.45) is 1.51. The average molecular weight is 221 g/mol. The summed E-state index contributed by atoms with van der Waals surface area (Å²) in [5.41, 5.74) is -0.645. The fourth-order valence-electron chi connectivity index (χ4n) is 1.52. The minimum Gasteiger partial charge on any atom is -0.493 e. The van der Waals surface area contributed by atoms with Gasteiger partial charge in [-0.1, -0.05) is 0 Å². The van der Waals surface area contributed by atoms with Gasteiger partial charge in [-0.25, -0.2) is 9.78 Å². The average Bonchev–Trinajstić information content (AvgIpc) is 2.26. The van der Waals surface area contributed by atoms with Gasteiger partial charge in [-0.2, -0.15) is 0 Å². The number of aromatic nitrogens is 3. The molecule has 0 unspecified atom stereocenters. The Morgan fingerprint density at radius 3 is 2.94 bits per heavy atom. The molecule has 0 spiro atoms. The maximum absolute atomic E-state index is 11.7. The van der Waals surface area contributed by atoms with Crippen molar-refractivity contribution >= 4 is 11.0 Å². The van der Waals surface area contributed by atoms with Crippen molar-refractivity contribution in [3.8, 4) is 5.75 Å². The van der Waals surface area contributed by atoms with Crippen LogP contribution in [-0.4, -0.2) is 21.1 Å². The molecule has 2 rings (SSSR count). The Bertz CT molecular complexity index is 642. The molecule has 84 valence electrons. The highest BCUT2D eigenvalue weighted by molar-refractivity contribution is 5.80. The monoisotopic (exact) mass is 221 g/mol. The second kappa shape index (κ2) is 3.80. The van der Waals surface area contributed by atoms with Crippen LogP contribution >= 0.6 is 0 Å². The van der Waals surface area contributed by atoms with Gasteiger partial charge in [0.15, 0.2) is 5.65 Å². The smallest absolute Gasteiger partial charge is 0.329 e. The molecule has 0 saturated heterocycles. The minimum atomic E-state index is -0.487. The lowest BCUT2D eigenvalue weighted by Gasteiger charge is -2.07. The Balaban J connectivity index is 2.93. The van der Waals surface area contributed by atoms with Crippen LogP contribution in [0.4, 0.5) is 0 Å². The van der Waals surface area contributed by atoms with Crippen molar-refractivity contribution in [1.29, 1.82) is 0 Å². The zero-order valence-corrected chi connectivity index (χ0v) is 8.98. The molecule has 1 N–H and O–H groups in total. The van der Waals surface area contributed by atoms with Crippen LogP contribution in [0.1, 0.15) is 6.92 Å². The maximum Gasteiger partial charge on any atom is 0.329 e. The van der Waals surface area contributed by atoms with Crippen LogP contribution in [0.25, 0.3) is 11.0 Å². The van der Waals surface area contributed by atoms with Crippen molar-refractivity contribution in [1.82, 2.24) is 14.5 Å². The number of H-pyrrole nitrogens is 1. The van der Waals surface area contributed by atoms with E-state index in [1.807, 2.05) is 6.92 Å². The second-order valence-electron chi connectivity index (χ2n) is 3.26. The van der Waals surface area contributed by atoms with Gasteiger partial charge in [0, 0.05) is 13.2 Å². The number of ether oxygens (including phenoxy) is 1. The van der Waals surface area contributed by atoms with E-state index in [2.05, 4.69) is 9.97 Å². The first-order chi connectivity index (χ1) is 7.65. The molecule has 2 heterocycles. The first-order valence-corrected chi connectivity index (χ1v) is 4.86. The Kier molecular flexibility index (Phi) is 2.47. The highest BCUT2D eigenvalue weighted by Crippen LogP contribution is 2.18. The molecule has 0 amide bonds. The first-order valence-electron chi connectivity index (χ1n) is 4.86. The molecular weight excluding hydrogens is 210 g/mol. The molecular formula is C10H11N3O3. The topological polar surface area (TPSA) is 77.0 Å². The van der Waals surface area contributed by atoms with Crippen LogP contribution in [0.5, 0.6) is 5.75 Å². The zero-order chi connectivity index (χ0) is 11.7. The van der Waals surface area contributed by atoms with E-state index >= 15 is 0 Å². The lowest BCUT2D eigenvalue weighted by atomic mass is 10.3. The number of fused-ring (bicyclic) bond motifs is 1. The van der Waals surface area contributed by atoms with Gasteiger partial charge in [-0.05, 0) is 13.0 Å². The van der Waals surface area contributed by atoms with Crippen molar-refractivity contribution in [2.45, 2.75) is 6.92 Å². The summed E-state index contributed by atoms with van der Waals surface area (Å²) in [5.74, 6) is 0.435. The molecule has 0 radical (unpaired) electrons. The summed E-state index contributed by atoms with van der Waals surface area (Å²) in [7, 11) is 1.54. The third-order valence-electron chi connectivity index (χ3n) is 2.26. The number of pyridine rings is 1. The van der Waals surface area contributed by atoms with Gasteiger partial charge in [0.2, 0.25) is 0 Å². The lowest BCUT2D eigenvalue weighted by molar-refractivity contribution is 0.343. The lowest BCUT2D eigenvalue weighted by Crippen LogP contribution is -2.29. The fourth-order valence-corrected chi connectivity index (χ4v) is 1.52. The SMILES string of the molecule is CCOc1ccnc2c1c(=O)[nH]c(=O)n2C. The molecule has 0 atom stereocenters. The van der Waals surface area contributed by atoms with E-state index in [9.17, 15) is 9.59 Å². The molecule has 0 aliphatic carbocycles. The first kappa shape index (κ1) is 10.4. The van der Waals surface area contributed by atoms with E-state index in [0.717, 1.165) is 0 Å². The van der Waals surface area contributed by atoms with E-state index in [4.69, 9.17) is 4.74 Å². The number of hydrogen-bond donors (Lipinski definition) is 1. The third kappa shape index (κ3) is 1.48. The van der Waals surface area contributed by atoms with Gasteiger partial charge >= 0.3 is 5.69 Å². The summed E-state index contributed by atoms with van der Waals surface area (Å²) in [5, 5.41) is 0.298. The van der Waals surface area contributed by atoms with Crippen LogP contribution in [-0.2, 0) is 7.05 Å². The van der Waals surface area contributed by atoms with Crippen LogP contribution < -0.4 is 16.0 Å². The fraction of sp³-hybridized carbons (Fsp3) is 0.300. The van der Waals surface area contributed by atoms with Gasteiger partial charge in [-0.3, -0.25) is 14.3 Å². The molecule has 0 aromatic carbocycles. The van der Waals surface area contributed by atoms with Gasteiger partial charge in [0.25, 0.3) is 5.56 Å². The molecule has 0 bridgehead atoms. The molecule has 0 aliphatic rings. The molecule has 0 saturated carbocycles. The molecule has 2 aromatic rings. The highest BCUT2D eigenvalue weighted by atomic mass is 16.5. The summed E-state index contributed by atoms with van der Waals surface area (Å²) in [4.78, 5) is 29.2. The van der Waals surface area contributed by atoms with Crippen molar-refractivity contribution in [2.24, 2.45) is 7.05 Å². The van der Waals surface area contributed by atoms with Crippen molar-refractivity contribution in [3.05, 3.63) is 33.1 Å². The van der Waals surface area contributed by atoms with Gasteiger partial charge < -0.3 is 4.74 Å². The van der Waals surface area contributed by atoms with Crippen LogP contribution in [0, 0.1) is 0 Å². The molecule has 6 nitrogen and oxygen atoms in total. The molecule has 0 fully saturated rings. The normalized spacial score (nSPS) is 10.6. The molecule has 6 heteroatoms. The Morgan fingerprint density at radius 2 is 2.25 bits per heavy atom. The predicted molar refractivity (Wildman–Crippen MR) is 58.8 cm³/mol. The van der Waals surface area contributed by atoms with Gasteiger partial charge in [-0.15, -0.1) is 0 Å². The van der Waals surface area contributed by atoms with Crippen molar-refractivity contribution in [2.75, 3.05) is 6.61 Å². The summed E-state index contributed by atoms with van der Waals surface area (Å²) >= 11 is 0. The summed E-state index contributed by atoms with van der Waals surface area (Å²) < 4.78 is 6.60. The Hall–Kier alpha value is -2.11. The summed E-state index contributed by atoms with van der Waals surface area (Å²) in [6, 6.07) is 1.60. The van der Waals surface area contributed by atoms with E-state index in [0.29, 0.717) is 23.4 Å². The van der Waals surface area contributed by atoms with Crippen molar-refractivity contribution < 1.29 is 4.74 Å². The summed E-state index contributed by atoms with van der Waals surface area (Å²) in [6.45, 7) is 2.27. The number of rotatable bonds is 2. The molecule has 2 aromatic heterocycles. The van der Waals surface area contributed by atoms with Gasteiger partial charge in [0.05, 0.1) is 6.61 Å². The maximum atomic E-state index is 11.7. The van der Waals surface area contributed by atoms with E-state index < -0.39 is 11.2 Å². The highest BCUT2D eigenvalue weighted by Gasteiger charge is 2.10. The standard InChI is InChI=1S/C10H11N3O3/c1-3-16-6-4-5-11-8-7(6)9(14)12-10(15)13(8)2/h4-5H,3H2,1-2H3,(H,12,14,15). The number of nitrogens with zero attached hydrogens (tertiary/aromatic N) is 2. The number of nitrogens with one attached hydrogen (secondary N) is 1. The van der Waals surface area contributed by atoms with Gasteiger partial charge in [0.1, 0.15) is 11.1 Å². The van der Waals surface area contributed by atoms with Crippen LogP contribution in [0.3, 0.4) is 0 Å². The largest absolute Gasteiger partial charge is 0.493 e. The molecule has 0 aliphatic heterocycles. The predicted octanol–water partition coefficient (Wildman–Crippen LogP) is 0.0205. The quantitative estimate of drug-likeness (QED) is 0.775. The van der Waals surface area contributed by atoms with Crippen LogP contribution in [0.2, 0.25) is 0 Å². The zero-order valence-electron chi connectivity index (χ0n) is 8.98. The van der Waals surface area contributed by atoms with Crippen molar-refractivity contribution in [3.63, 3.8) is 0 Å². The minimum absolute atomic E-state index is 0.298.